The van der Waals surface area contributed by atoms with Crippen LogP contribution in [0.5, 0.6) is 5.75 Å². The fourth-order valence-corrected chi connectivity index (χ4v) is 4.11. The highest BCUT2D eigenvalue weighted by molar-refractivity contribution is 5.89. The summed E-state index contributed by atoms with van der Waals surface area (Å²) in [6.07, 6.45) is 3.98. The molecule has 6 heteroatoms. The second kappa shape index (κ2) is 9.16. The minimum absolute atomic E-state index is 0.0629. The quantitative estimate of drug-likeness (QED) is 0.598. The van der Waals surface area contributed by atoms with E-state index in [0.29, 0.717) is 18.8 Å². The van der Waals surface area contributed by atoms with Crippen LogP contribution < -0.4 is 4.74 Å². The fourth-order valence-electron chi connectivity index (χ4n) is 4.11. The molecule has 2 aliphatic rings. The van der Waals surface area contributed by atoms with Crippen LogP contribution in [0.25, 0.3) is 0 Å². The second-order valence-corrected chi connectivity index (χ2v) is 7.81. The van der Waals surface area contributed by atoms with Gasteiger partial charge in [-0.1, -0.05) is 42.5 Å². The Morgan fingerprint density at radius 1 is 1.06 bits per heavy atom. The topological polar surface area (TPSA) is 66.8 Å². The van der Waals surface area contributed by atoms with Gasteiger partial charge in [-0.2, -0.15) is 0 Å². The largest absolute Gasteiger partial charge is 0.489 e. The lowest BCUT2D eigenvalue weighted by molar-refractivity contribution is -0.154. The summed E-state index contributed by atoms with van der Waals surface area (Å²) in [5, 5.41) is 9.06. The third kappa shape index (κ3) is 4.68. The summed E-state index contributed by atoms with van der Waals surface area (Å²) < 4.78 is 19.3. The number of nitrogens with zero attached hydrogens (tertiary/aromatic N) is 1. The molecule has 1 N–H and O–H groups in total. The van der Waals surface area contributed by atoms with Gasteiger partial charge in [0.25, 0.3) is 0 Å². The van der Waals surface area contributed by atoms with E-state index in [2.05, 4.69) is 0 Å². The normalized spacial score (nSPS) is 20.5. The number of β-lactam (4-membered cyclic amide) rings is 1. The minimum atomic E-state index is -0.920. The molecule has 4 rings (SSSR count). The average molecular weight is 421 g/mol. The Kier molecular flexibility index (Phi) is 6.16. The van der Waals surface area contributed by atoms with Gasteiger partial charge in [0.1, 0.15) is 18.2 Å². The Morgan fingerprint density at radius 3 is 2.45 bits per heavy atom. The predicted molar refractivity (Wildman–Crippen MR) is 114 cm³/mol. The maximum absolute atomic E-state index is 13.4. The van der Waals surface area contributed by atoms with Crippen LogP contribution in [0.1, 0.15) is 42.9 Å². The van der Waals surface area contributed by atoms with Crippen molar-refractivity contribution in [2.75, 3.05) is 0 Å². The van der Waals surface area contributed by atoms with Gasteiger partial charge >= 0.3 is 5.97 Å². The van der Waals surface area contributed by atoms with Gasteiger partial charge in [-0.15, -0.1) is 0 Å². The molecule has 1 heterocycles. The van der Waals surface area contributed by atoms with Crippen LogP contribution in [-0.4, -0.2) is 21.9 Å². The average Bonchev–Trinajstić information content (AvgIpc) is 2.78. The first-order valence-corrected chi connectivity index (χ1v) is 10.4. The minimum Gasteiger partial charge on any atom is -0.489 e. The lowest BCUT2D eigenvalue weighted by Crippen LogP contribution is -2.54. The predicted octanol–water partition coefficient (Wildman–Crippen LogP) is 5.16. The maximum atomic E-state index is 13.4. The van der Waals surface area contributed by atoms with Gasteiger partial charge in [0.15, 0.2) is 0 Å². The zero-order valence-corrected chi connectivity index (χ0v) is 17.0. The first-order valence-electron chi connectivity index (χ1n) is 10.4. The van der Waals surface area contributed by atoms with E-state index in [4.69, 9.17) is 9.84 Å². The monoisotopic (exact) mass is 421 g/mol. The number of rotatable bonds is 8. The van der Waals surface area contributed by atoms with Gasteiger partial charge in [-0.05, 0) is 48.3 Å². The summed E-state index contributed by atoms with van der Waals surface area (Å²) in [6, 6.07) is 17.2. The molecule has 0 saturated carbocycles. The van der Waals surface area contributed by atoms with Crippen molar-refractivity contribution >= 4 is 11.9 Å². The molecule has 0 unspecified atom stereocenters. The van der Waals surface area contributed by atoms with Crippen molar-refractivity contribution in [3.05, 3.63) is 89.4 Å². The van der Waals surface area contributed by atoms with E-state index in [1.165, 1.54) is 6.08 Å². The van der Waals surface area contributed by atoms with Gasteiger partial charge in [0, 0.05) is 18.5 Å². The number of hydrogen-bond donors (Lipinski definition) is 1. The fraction of sp³-hybridized carbons (Fsp3) is 0.280. The van der Waals surface area contributed by atoms with Crippen LogP contribution in [0.4, 0.5) is 4.39 Å². The standard InChI is InChI=1S/C25H24FNO4/c26-19-8-10-20(11-9-19)27-24(22(25(27)30)14-15-23(28)29)18-6-12-21(13-7-18)31-16-17-4-2-1-3-5-17/h1-8,10,12-13,22,24H,9,11,14-16H2,(H,28,29)/t22-,24-/m0/s1. The molecule has 5 nitrogen and oxygen atoms in total. The summed E-state index contributed by atoms with van der Waals surface area (Å²) in [7, 11) is 0. The van der Waals surface area contributed by atoms with Crippen molar-refractivity contribution in [1.29, 1.82) is 0 Å². The van der Waals surface area contributed by atoms with Crippen LogP contribution in [0.15, 0.2) is 78.3 Å². The van der Waals surface area contributed by atoms with Crippen molar-refractivity contribution in [2.24, 2.45) is 5.92 Å². The molecule has 1 saturated heterocycles. The Bertz CT molecular complexity index is 1010. The molecule has 2 aromatic rings. The molecule has 0 radical (unpaired) electrons. The third-order valence-electron chi connectivity index (χ3n) is 5.74. The number of carboxylic acid groups (broad SMARTS) is 1. The number of amides is 1. The Balaban J connectivity index is 1.51. The summed E-state index contributed by atoms with van der Waals surface area (Å²) in [6.45, 7) is 0.459. The van der Waals surface area contributed by atoms with E-state index in [1.54, 1.807) is 11.0 Å². The van der Waals surface area contributed by atoms with Gasteiger partial charge in [0.2, 0.25) is 5.91 Å². The van der Waals surface area contributed by atoms with Crippen LogP contribution in [0.3, 0.4) is 0 Å². The number of aliphatic carboxylic acids is 1. The lowest BCUT2D eigenvalue weighted by Gasteiger charge is -2.49. The Hall–Kier alpha value is -3.41. The molecule has 1 amide bonds. The smallest absolute Gasteiger partial charge is 0.303 e. The summed E-state index contributed by atoms with van der Waals surface area (Å²) in [4.78, 5) is 25.6. The highest BCUT2D eigenvalue weighted by atomic mass is 19.1. The molecule has 160 valence electrons. The molecule has 0 bridgehead atoms. The zero-order valence-electron chi connectivity index (χ0n) is 17.0. The van der Waals surface area contributed by atoms with Gasteiger partial charge in [-0.25, -0.2) is 4.39 Å². The molecule has 0 spiro atoms. The van der Waals surface area contributed by atoms with Crippen molar-refractivity contribution in [1.82, 2.24) is 4.90 Å². The van der Waals surface area contributed by atoms with Gasteiger partial charge in [0.05, 0.1) is 12.0 Å². The first-order chi connectivity index (χ1) is 15.0. The molecule has 0 aromatic heterocycles. The Labute approximate surface area is 180 Å². The number of ether oxygens (including phenoxy) is 1. The van der Waals surface area contributed by atoms with Crippen LogP contribution in [0, 0.1) is 5.92 Å². The molecule has 2 aromatic carbocycles. The van der Waals surface area contributed by atoms with E-state index in [-0.39, 0.29) is 37.0 Å². The number of allylic oxidation sites excluding steroid dienone is 4. The molecular formula is C25H24FNO4. The van der Waals surface area contributed by atoms with Crippen LogP contribution in [-0.2, 0) is 16.2 Å². The summed E-state index contributed by atoms with van der Waals surface area (Å²) in [5.41, 5.74) is 2.76. The number of benzene rings is 2. The molecule has 1 aliphatic heterocycles. The first kappa shape index (κ1) is 20.8. The molecule has 1 aliphatic carbocycles. The lowest BCUT2D eigenvalue weighted by atomic mass is 9.78. The van der Waals surface area contributed by atoms with E-state index in [0.717, 1.165) is 16.8 Å². The number of halogens is 1. The zero-order chi connectivity index (χ0) is 21.8. The number of carbonyl (C=O) groups excluding carboxylic acids is 1. The Morgan fingerprint density at radius 2 is 1.81 bits per heavy atom. The maximum Gasteiger partial charge on any atom is 0.303 e. The number of carboxylic acids is 1. The number of likely N-dealkylation sites (tertiary alicyclic amines) is 1. The SMILES string of the molecule is O=C(O)CC[C@@H]1C(=O)N(C2=CC=C(F)CC2)[C@H]1c1ccc(OCc2ccccc2)cc1. The van der Waals surface area contributed by atoms with Crippen LogP contribution >= 0.6 is 0 Å². The summed E-state index contributed by atoms with van der Waals surface area (Å²) in [5.74, 6) is -0.901. The second-order valence-electron chi connectivity index (χ2n) is 7.81. The number of hydrogen-bond acceptors (Lipinski definition) is 3. The van der Waals surface area contributed by atoms with E-state index in [1.807, 2.05) is 54.6 Å². The third-order valence-corrected chi connectivity index (χ3v) is 5.74. The van der Waals surface area contributed by atoms with Gasteiger partial charge < -0.3 is 14.7 Å². The van der Waals surface area contributed by atoms with Crippen LogP contribution in [0.2, 0.25) is 0 Å². The van der Waals surface area contributed by atoms with Crippen molar-refractivity contribution in [3.63, 3.8) is 0 Å². The van der Waals surface area contributed by atoms with Gasteiger partial charge in [-0.3, -0.25) is 9.59 Å². The number of carbonyl (C=O) groups is 2. The molecule has 31 heavy (non-hydrogen) atoms. The molecule has 2 atom stereocenters. The highest BCUT2D eigenvalue weighted by Crippen LogP contribution is 2.46. The molecular weight excluding hydrogens is 397 g/mol. The van der Waals surface area contributed by atoms with E-state index in [9.17, 15) is 14.0 Å². The van der Waals surface area contributed by atoms with Crippen molar-refractivity contribution < 1.29 is 23.8 Å². The summed E-state index contributed by atoms with van der Waals surface area (Å²) >= 11 is 0. The van der Waals surface area contributed by atoms with E-state index < -0.39 is 11.9 Å². The highest BCUT2D eigenvalue weighted by Gasteiger charge is 2.49. The van der Waals surface area contributed by atoms with Crippen molar-refractivity contribution in [2.45, 2.75) is 38.3 Å². The van der Waals surface area contributed by atoms with Crippen molar-refractivity contribution in [3.8, 4) is 5.75 Å². The van der Waals surface area contributed by atoms with E-state index >= 15 is 0 Å². The molecule has 1 fully saturated rings.